The van der Waals surface area contributed by atoms with E-state index in [1.807, 2.05) is 13.8 Å². The first-order chi connectivity index (χ1) is 6.43. The summed E-state index contributed by atoms with van der Waals surface area (Å²) in [6.45, 7) is 6.44. The van der Waals surface area contributed by atoms with Gasteiger partial charge in [0.25, 0.3) is 5.56 Å². The zero-order valence-corrected chi connectivity index (χ0v) is 9.07. The van der Waals surface area contributed by atoms with Crippen LogP contribution in [0.25, 0.3) is 0 Å². The number of aryl methyl sites for hydroxylation is 1. The molecule has 1 aromatic heterocycles. The molecule has 0 bridgehead atoms. The number of hydrogen-bond acceptors (Lipinski definition) is 2. The van der Waals surface area contributed by atoms with E-state index >= 15 is 0 Å². The van der Waals surface area contributed by atoms with Crippen LogP contribution in [0.5, 0.6) is 0 Å². The van der Waals surface area contributed by atoms with Crippen LogP contribution in [0.3, 0.4) is 0 Å². The van der Waals surface area contributed by atoms with Crippen molar-refractivity contribution in [2.45, 2.75) is 27.3 Å². The summed E-state index contributed by atoms with van der Waals surface area (Å²) in [4.78, 5) is 23.0. The summed E-state index contributed by atoms with van der Waals surface area (Å²) >= 11 is 0. The minimum atomic E-state index is -0.241. The molecule has 0 aliphatic carbocycles. The Morgan fingerprint density at radius 1 is 1.36 bits per heavy atom. The van der Waals surface area contributed by atoms with Gasteiger partial charge in [-0.15, -0.1) is 0 Å². The summed E-state index contributed by atoms with van der Waals surface area (Å²) in [6.07, 6.45) is 1.63. The summed E-state index contributed by atoms with van der Waals surface area (Å²) in [7, 11) is 1.51. The quantitative estimate of drug-likeness (QED) is 0.691. The van der Waals surface area contributed by atoms with Crippen LogP contribution in [0, 0.1) is 12.8 Å². The number of hydrogen-bond donors (Lipinski definition) is 0. The highest BCUT2D eigenvalue weighted by atomic mass is 16.2. The van der Waals surface area contributed by atoms with Gasteiger partial charge in [0.1, 0.15) is 0 Å². The number of aromatic nitrogens is 2. The van der Waals surface area contributed by atoms with Crippen molar-refractivity contribution in [3.05, 3.63) is 32.6 Å². The molecule has 14 heavy (non-hydrogen) atoms. The van der Waals surface area contributed by atoms with Crippen LogP contribution in [-0.2, 0) is 13.6 Å². The van der Waals surface area contributed by atoms with E-state index in [2.05, 4.69) is 0 Å². The van der Waals surface area contributed by atoms with Crippen LogP contribution in [-0.4, -0.2) is 9.13 Å². The maximum atomic E-state index is 11.6. The molecule has 0 fully saturated rings. The van der Waals surface area contributed by atoms with Crippen molar-refractivity contribution >= 4 is 0 Å². The molecule has 0 saturated carbocycles. The van der Waals surface area contributed by atoms with Gasteiger partial charge in [-0.3, -0.25) is 13.9 Å². The summed E-state index contributed by atoms with van der Waals surface area (Å²) < 4.78 is 2.74. The average molecular weight is 196 g/mol. The van der Waals surface area contributed by atoms with Crippen LogP contribution in [0.15, 0.2) is 15.8 Å². The Bertz CT molecular complexity index is 440. The lowest BCUT2D eigenvalue weighted by atomic mass is 10.2. The predicted octanol–water partition coefficient (Wildman–Crippen LogP) is 0.511. The predicted molar refractivity (Wildman–Crippen MR) is 55.5 cm³/mol. The normalized spacial score (nSPS) is 10.9. The van der Waals surface area contributed by atoms with Crippen LogP contribution >= 0.6 is 0 Å². The largest absolute Gasteiger partial charge is 0.330 e. The molecule has 0 radical (unpaired) electrons. The van der Waals surface area contributed by atoms with E-state index < -0.39 is 0 Å². The second kappa shape index (κ2) is 3.82. The summed E-state index contributed by atoms with van der Waals surface area (Å²) in [5.74, 6) is 0.393. The molecule has 0 N–H and O–H groups in total. The summed E-state index contributed by atoms with van der Waals surface area (Å²) in [6, 6.07) is 0. The first-order valence-corrected chi connectivity index (χ1v) is 4.70. The second-order valence-corrected chi connectivity index (χ2v) is 4.01. The number of nitrogens with zero attached hydrogens (tertiary/aromatic N) is 2. The Balaban J connectivity index is 3.34. The molecule has 1 aromatic rings. The Hall–Kier alpha value is -1.32. The van der Waals surface area contributed by atoms with E-state index in [-0.39, 0.29) is 11.2 Å². The molecule has 0 aliphatic heterocycles. The van der Waals surface area contributed by atoms with E-state index in [0.29, 0.717) is 18.0 Å². The average Bonchev–Trinajstić information content (AvgIpc) is 2.10. The van der Waals surface area contributed by atoms with E-state index in [4.69, 9.17) is 0 Å². The molecule has 0 saturated heterocycles. The highest BCUT2D eigenvalue weighted by molar-refractivity contribution is 5.02. The maximum absolute atomic E-state index is 11.6. The molecule has 4 heteroatoms. The van der Waals surface area contributed by atoms with Gasteiger partial charge in [0.15, 0.2) is 0 Å². The van der Waals surface area contributed by atoms with Gasteiger partial charge < -0.3 is 0 Å². The van der Waals surface area contributed by atoms with Crippen LogP contribution < -0.4 is 11.2 Å². The van der Waals surface area contributed by atoms with Gasteiger partial charge in [-0.05, 0) is 12.8 Å². The molecule has 1 heterocycles. The molecule has 0 spiro atoms. The first kappa shape index (κ1) is 10.8. The fraction of sp³-hybridized carbons (Fsp3) is 0.600. The second-order valence-electron chi connectivity index (χ2n) is 4.01. The van der Waals surface area contributed by atoms with E-state index in [1.165, 1.54) is 7.05 Å². The van der Waals surface area contributed by atoms with E-state index in [1.54, 1.807) is 17.7 Å². The van der Waals surface area contributed by atoms with Gasteiger partial charge in [-0.2, -0.15) is 0 Å². The van der Waals surface area contributed by atoms with Crippen molar-refractivity contribution in [1.29, 1.82) is 0 Å². The molecule has 0 amide bonds. The Morgan fingerprint density at radius 3 is 2.43 bits per heavy atom. The van der Waals surface area contributed by atoms with Crippen molar-refractivity contribution in [2.24, 2.45) is 13.0 Å². The van der Waals surface area contributed by atoms with Gasteiger partial charge in [0, 0.05) is 25.4 Å². The highest BCUT2D eigenvalue weighted by Crippen LogP contribution is 1.95. The van der Waals surface area contributed by atoms with Crippen molar-refractivity contribution in [1.82, 2.24) is 9.13 Å². The minimum absolute atomic E-state index is 0.213. The first-order valence-electron chi connectivity index (χ1n) is 4.70. The molecular formula is C10H16N2O2. The van der Waals surface area contributed by atoms with E-state index in [0.717, 1.165) is 4.57 Å². The molecule has 0 aromatic carbocycles. The lowest BCUT2D eigenvalue weighted by Crippen LogP contribution is -2.39. The van der Waals surface area contributed by atoms with Gasteiger partial charge in [-0.25, -0.2) is 4.79 Å². The van der Waals surface area contributed by atoms with Crippen molar-refractivity contribution in [3.63, 3.8) is 0 Å². The third-order valence-electron chi connectivity index (χ3n) is 2.09. The molecule has 0 aliphatic rings. The zero-order valence-electron chi connectivity index (χ0n) is 9.07. The van der Waals surface area contributed by atoms with Crippen LogP contribution in [0.1, 0.15) is 19.4 Å². The number of rotatable bonds is 2. The molecule has 0 atom stereocenters. The van der Waals surface area contributed by atoms with Crippen molar-refractivity contribution < 1.29 is 0 Å². The van der Waals surface area contributed by atoms with Crippen LogP contribution in [0.2, 0.25) is 0 Å². The highest BCUT2D eigenvalue weighted by Gasteiger charge is 2.05. The van der Waals surface area contributed by atoms with Gasteiger partial charge in [0.05, 0.1) is 0 Å². The molecule has 78 valence electrons. The minimum Gasteiger partial charge on any atom is -0.300 e. The van der Waals surface area contributed by atoms with Gasteiger partial charge in [-0.1, -0.05) is 13.8 Å². The SMILES string of the molecule is Cc1cn(CC(C)C)c(=O)n(C)c1=O. The Labute approximate surface area is 82.8 Å². The third-order valence-corrected chi connectivity index (χ3v) is 2.09. The molecule has 4 nitrogen and oxygen atoms in total. The van der Waals surface area contributed by atoms with Crippen molar-refractivity contribution in [2.75, 3.05) is 0 Å². The molecule has 1 rings (SSSR count). The van der Waals surface area contributed by atoms with Gasteiger partial charge >= 0.3 is 5.69 Å². The van der Waals surface area contributed by atoms with Crippen LogP contribution in [0.4, 0.5) is 0 Å². The third kappa shape index (κ3) is 1.95. The topological polar surface area (TPSA) is 44.0 Å². The fourth-order valence-electron chi connectivity index (χ4n) is 1.41. The molecular weight excluding hydrogens is 180 g/mol. The standard InChI is InChI=1S/C10H16N2O2/c1-7(2)5-12-6-8(3)9(13)11(4)10(12)14/h6-7H,5H2,1-4H3. The smallest absolute Gasteiger partial charge is 0.300 e. The van der Waals surface area contributed by atoms with Crippen molar-refractivity contribution in [3.8, 4) is 0 Å². The fourth-order valence-corrected chi connectivity index (χ4v) is 1.41. The monoisotopic (exact) mass is 196 g/mol. The Kier molecular flexibility index (Phi) is 2.93. The van der Waals surface area contributed by atoms with Gasteiger partial charge in [0.2, 0.25) is 0 Å². The Morgan fingerprint density at radius 2 is 1.93 bits per heavy atom. The maximum Gasteiger partial charge on any atom is 0.330 e. The van der Waals surface area contributed by atoms with E-state index in [9.17, 15) is 9.59 Å². The lowest BCUT2D eigenvalue weighted by Gasteiger charge is -2.10. The summed E-state index contributed by atoms with van der Waals surface area (Å²) in [5.41, 5.74) is 0.150. The lowest BCUT2D eigenvalue weighted by molar-refractivity contribution is 0.485. The summed E-state index contributed by atoms with van der Waals surface area (Å²) in [5, 5.41) is 0. The molecule has 0 unspecified atom stereocenters. The zero-order chi connectivity index (χ0) is 10.9.